The van der Waals surface area contributed by atoms with Crippen LogP contribution in [0.15, 0.2) is 47.0 Å². The van der Waals surface area contributed by atoms with Crippen LogP contribution in [0, 0.1) is 6.92 Å². The zero-order valence-electron chi connectivity index (χ0n) is 17.3. The number of methoxy groups -OCH3 is 2. The maximum absolute atomic E-state index is 5.57. The molecule has 1 fully saturated rings. The predicted octanol–water partition coefficient (Wildman–Crippen LogP) is 3.78. The lowest BCUT2D eigenvalue weighted by Gasteiger charge is -2.40. The van der Waals surface area contributed by atoms with E-state index in [4.69, 9.17) is 14.0 Å². The van der Waals surface area contributed by atoms with Crippen LogP contribution in [0.1, 0.15) is 12.5 Å². The van der Waals surface area contributed by atoms with Crippen molar-refractivity contribution in [1.29, 1.82) is 0 Å². The topological polar surface area (TPSA) is 63.9 Å². The number of nitrogens with zero attached hydrogens (tertiary/aromatic N) is 4. The van der Waals surface area contributed by atoms with Crippen molar-refractivity contribution in [2.24, 2.45) is 0 Å². The van der Waals surface area contributed by atoms with E-state index in [0.29, 0.717) is 29.4 Å². The summed E-state index contributed by atoms with van der Waals surface area (Å²) in [5, 5.41) is 4.17. The van der Waals surface area contributed by atoms with Crippen LogP contribution in [-0.2, 0) is 0 Å². The fourth-order valence-electron chi connectivity index (χ4n) is 3.76. The number of aryl methyl sites for hydroxylation is 1. The number of rotatable bonds is 5. The van der Waals surface area contributed by atoms with E-state index in [-0.39, 0.29) is 0 Å². The Morgan fingerprint density at radius 1 is 1.03 bits per heavy atom. The SMILES string of the molecule is COc1ccc(-c2noc(N3CCN(c4cccc(C)c4)C(C)C3)n2)cc1OC. The molecule has 1 aliphatic rings. The molecule has 29 heavy (non-hydrogen) atoms. The van der Waals surface area contributed by atoms with Crippen LogP contribution >= 0.6 is 0 Å². The first kappa shape index (κ1) is 19.1. The average molecular weight is 394 g/mol. The fourth-order valence-corrected chi connectivity index (χ4v) is 3.76. The maximum Gasteiger partial charge on any atom is 0.324 e. The summed E-state index contributed by atoms with van der Waals surface area (Å²) in [7, 11) is 3.22. The van der Waals surface area contributed by atoms with Crippen LogP contribution in [0.3, 0.4) is 0 Å². The number of hydrogen-bond donors (Lipinski definition) is 0. The second-order valence-corrected chi connectivity index (χ2v) is 7.30. The van der Waals surface area contributed by atoms with Gasteiger partial charge in [-0.2, -0.15) is 4.98 Å². The fraction of sp³-hybridized carbons (Fsp3) is 0.364. The number of anilines is 2. The van der Waals surface area contributed by atoms with Crippen molar-refractivity contribution < 1.29 is 14.0 Å². The van der Waals surface area contributed by atoms with Crippen LogP contribution in [-0.4, -0.2) is 50.0 Å². The minimum atomic E-state index is 0.335. The Hall–Kier alpha value is -3.22. The highest BCUT2D eigenvalue weighted by Gasteiger charge is 2.27. The van der Waals surface area contributed by atoms with Crippen LogP contribution in [0.5, 0.6) is 11.5 Å². The summed E-state index contributed by atoms with van der Waals surface area (Å²) in [6, 6.07) is 15.1. The maximum atomic E-state index is 5.57. The molecule has 1 atom stereocenters. The molecule has 1 aromatic heterocycles. The minimum absolute atomic E-state index is 0.335. The molecule has 0 amide bonds. The first-order valence-electron chi connectivity index (χ1n) is 9.73. The number of piperazine rings is 1. The molecule has 0 saturated carbocycles. The molecule has 3 aromatic rings. The lowest BCUT2D eigenvalue weighted by Crippen LogP contribution is -2.52. The third-order valence-electron chi connectivity index (χ3n) is 5.29. The van der Waals surface area contributed by atoms with Gasteiger partial charge >= 0.3 is 6.01 Å². The first-order chi connectivity index (χ1) is 14.1. The van der Waals surface area contributed by atoms with Gasteiger partial charge < -0.3 is 23.8 Å². The quantitative estimate of drug-likeness (QED) is 0.652. The molecule has 0 N–H and O–H groups in total. The largest absolute Gasteiger partial charge is 0.493 e. The molecule has 152 valence electrons. The van der Waals surface area contributed by atoms with E-state index >= 15 is 0 Å². The van der Waals surface area contributed by atoms with E-state index in [9.17, 15) is 0 Å². The van der Waals surface area contributed by atoms with Gasteiger partial charge in [-0.1, -0.05) is 17.3 Å². The highest BCUT2D eigenvalue weighted by Crippen LogP contribution is 2.32. The predicted molar refractivity (Wildman–Crippen MR) is 113 cm³/mol. The molecular formula is C22H26N4O3. The summed E-state index contributed by atoms with van der Waals surface area (Å²) in [6.45, 7) is 6.89. The van der Waals surface area contributed by atoms with Gasteiger partial charge in [-0.3, -0.25) is 0 Å². The Morgan fingerprint density at radius 2 is 1.86 bits per heavy atom. The van der Waals surface area contributed by atoms with Crippen LogP contribution < -0.4 is 19.3 Å². The monoisotopic (exact) mass is 394 g/mol. The number of benzene rings is 2. The van der Waals surface area contributed by atoms with Crippen LogP contribution in [0.4, 0.5) is 11.7 Å². The van der Waals surface area contributed by atoms with Gasteiger partial charge in [-0.15, -0.1) is 0 Å². The van der Waals surface area contributed by atoms with Gasteiger partial charge in [0.15, 0.2) is 11.5 Å². The van der Waals surface area contributed by atoms with Crippen molar-refractivity contribution >= 4 is 11.7 Å². The second-order valence-electron chi connectivity index (χ2n) is 7.30. The molecule has 7 heteroatoms. The number of ether oxygens (including phenoxy) is 2. The zero-order chi connectivity index (χ0) is 20.4. The van der Waals surface area contributed by atoms with E-state index in [2.05, 4.69) is 58.1 Å². The first-order valence-corrected chi connectivity index (χ1v) is 9.73. The summed E-state index contributed by atoms with van der Waals surface area (Å²) >= 11 is 0. The Kier molecular flexibility index (Phi) is 5.29. The van der Waals surface area contributed by atoms with Crippen molar-refractivity contribution in [3.63, 3.8) is 0 Å². The summed E-state index contributed by atoms with van der Waals surface area (Å²) in [5.41, 5.74) is 3.35. The highest BCUT2D eigenvalue weighted by molar-refractivity contribution is 5.61. The molecule has 0 bridgehead atoms. The molecule has 0 aliphatic carbocycles. The third kappa shape index (κ3) is 3.85. The highest BCUT2D eigenvalue weighted by atomic mass is 16.5. The number of hydrogen-bond acceptors (Lipinski definition) is 7. The van der Waals surface area contributed by atoms with E-state index in [1.165, 1.54) is 11.3 Å². The van der Waals surface area contributed by atoms with Crippen molar-refractivity contribution in [3.05, 3.63) is 48.0 Å². The lowest BCUT2D eigenvalue weighted by molar-refractivity contribution is 0.355. The molecule has 1 aliphatic heterocycles. The smallest absolute Gasteiger partial charge is 0.324 e. The van der Waals surface area contributed by atoms with Gasteiger partial charge in [0.05, 0.1) is 14.2 Å². The summed E-state index contributed by atoms with van der Waals surface area (Å²) < 4.78 is 16.2. The van der Waals surface area contributed by atoms with Gasteiger partial charge in [-0.05, 0) is 49.7 Å². The summed E-state index contributed by atoms with van der Waals surface area (Å²) in [5.74, 6) is 1.84. The minimum Gasteiger partial charge on any atom is -0.493 e. The molecule has 0 spiro atoms. The molecule has 1 unspecified atom stereocenters. The Balaban J connectivity index is 1.49. The van der Waals surface area contributed by atoms with E-state index < -0.39 is 0 Å². The molecule has 1 saturated heterocycles. The molecule has 2 aromatic carbocycles. The Morgan fingerprint density at radius 3 is 2.59 bits per heavy atom. The third-order valence-corrected chi connectivity index (χ3v) is 5.29. The standard InChI is InChI=1S/C22H26N4O3/c1-15-6-5-7-18(12-15)26-11-10-25(14-16(26)2)22-23-21(24-29-22)17-8-9-19(27-3)20(13-17)28-4/h5-9,12-13,16H,10-11,14H2,1-4H3. The van der Waals surface area contributed by atoms with Gasteiger partial charge in [0.2, 0.25) is 5.82 Å². The molecule has 4 rings (SSSR count). The lowest BCUT2D eigenvalue weighted by atomic mass is 10.1. The van der Waals surface area contributed by atoms with Gasteiger partial charge in [0.1, 0.15) is 0 Å². The van der Waals surface area contributed by atoms with Crippen molar-refractivity contribution in [2.45, 2.75) is 19.9 Å². The molecule has 2 heterocycles. The zero-order valence-corrected chi connectivity index (χ0v) is 17.3. The molecular weight excluding hydrogens is 368 g/mol. The molecule has 0 radical (unpaired) electrons. The van der Waals surface area contributed by atoms with Crippen LogP contribution in [0.25, 0.3) is 11.4 Å². The Bertz CT molecular complexity index is 988. The Labute approximate surface area is 170 Å². The van der Waals surface area contributed by atoms with Gasteiger partial charge in [0, 0.05) is 36.9 Å². The van der Waals surface area contributed by atoms with Crippen molar-refractivity contribution in [3.8, 4) is 22.9 Å². The summed E-state index contributed by atoms with van der Waals surface area (Å²) in [4.78, 5) is 9.19. The molecule has 7 nitrogen and oxygen atoms in total. The second kappa shape index (κ2) is 8.03. The summed E-state index contributed by atoms with van der Waals surface area (Å²) in [6.07, 6.45) is 0. The average Bonchev–Trinajstić information content (AvgIpc) is 3.23. The van der Waals surface area contributed by atoms with Crippen molar-refractivity contribution in [2.75, 3.05) is 43.7 Å². The number of aromatic nitrogens is 2. The van der Waals surface area contributed by atoms with E-state index in [1.807, 2.05) is 18.2 Å². The van der Waals surface area contributed by atoms with E-state index in [0.717, 1.165) is 25.2 Å². The van der Waals surface area contributed by atoms with Crippen molar-refractivity contribution in [1.82, 2.24) is 10.1 Å². The van der Waals surface area contributed by atoms with Gasteiger partial charge in [0.25, 0.3) is 0 Å². The van der Waals surface area contributed by atoms with Gasteiger partial charge in [-0.25, -0.2) is 0 Å². The van der Waals surface area contributed by atoms with E-state index in [1.54, 1.807) is 14.2 Å². The normalized spacial score (nSPS) is 16.8. The van der Waals surface area contributed by atoms with Crippen LogP contribution in [0.2, 0.25) is 0 Å².